The third-order valence-electron chi connectivity index (χ3n) is 5.42. The molecular formula is C27H22BrNO3. The molecule has 0 amide bonds. The van der Waals surface area contributed by atoms with Crippen molar-refractivity contribution in [1.29, 1.82) is 0 Å². The van der Waals surface area contributed by atoms with E-state index in [1.165, 1.54) is 0 Å². The average Bonchev–Trinajstić information content (AvgIpc) is 2.82. The normalized spacial score (nSPS) is 10.8. The number of aromatic nitrogens is 1. The van der Waals surface area contributed by atoms with Gasteiger partial charge in [-0.05, 0) is 42.7 Å². The van der Waals surface area contributed by atoms with Crippen LogP contribution in [0.15, 0.2) is 77.3 Å². The molecule has 0 aliphatic carbocycles. The van der Waals surface area contributed by atoms with Crippen LogP contribution in [0.5, 0.6) is 0 Å². The fourth-order valence-corrected chi connectivity index (χ4v) is 3.81. The third-order valence-corrected chi connectivity index (χ3v) is 5.95. The number of fused-ring (bicyclic) bond motifs is 1. The summed E-state index contributed by atoms with van der Waals surface area (Å²) in [5, 5.41) is 0.704. The zero-order valence-corrected chi connectivity index (χ0v) is 19.5. The van der Waals surface area contributed by atoms with Gasteiger partial charge in [0.25, 0.3) is 0 Å². The van der Waals surface area contributed by atoms with Crippen LogP contribution in [-0.4, -0.2) is 23.3 Å². The number of para-hydroxylation sites is 1. The van der Waals surface area contributed by atoms with Crippen LogP contribution in [-0.2, 0) is 11.2 Å². The Kier molecular flexibility index (Phi) is 6.47. The van der Waals surface area contributed by atoms with E-state index in [2.05, 4.69) is 22.9 Å². The molecule has 4 aromatic rings. The highest BCUT2D eigenvalue weighted by Gasteiger charge is 2.18. The lowest BCUT2D eigenvalue weighted by molar-refractivity contribution is 0.0476. The number of nitrogens with zero attached hydrogens (tertiary/aromatic N) is 1. The number of benzene rings is 3. The van der Waals surface area contributed by atoms with E-state index in [1.54, 1.807) is 18.2 Å². The van der Waals surface area contributed by atoms with Gasteiger partial charge in [-0.3, -0.25) is 4.79 Å². The highest BCUT2D eigenvalue weighted by molar-refractivity contribution is 9.10. The molecule has 4 rings (SSSR count). The van der Waals surface area contributed by atoms with Crippen LogP contribution in [0, 0.1) is 6.92 Å². The predicted octanol–water partition coefficient (Wildman–Crippen LogP) is 6.57. The second-order valence-corrected chi connectivity index (χ2v) is 8.50. The van der Waals surface area contributed by atoms with Crippen LogP contribution < -0.4 is 0 Å². The minimum atomic E-state index is -0.542. The second kappa shape index (κ2) is 9.45. The number of Topliss-reactive ketones (excluding diaryl/α,β-unsaturated/α-hetero) is 1. The Morgan fingerprint density at radius 1 is 0.969 bits per heavy atom. The first-order valence-electron chi connectivity index (χ1n) is 10.4. The molecule has 0 saturated carbocycles. The monoisotopic (exact) mass is 487 g/mol. The van der Waals surface area contributed by atoms with Crippen LogP contribution in [0.3, 0.4) is 0 Å². The van der Waals surface area contributed by atoms with Gasteiger partial charge in [0.1, 0.15) is 0 Å². The van der Waals surface area contributed by atoms with Crippen molar-refractivity contribution in [2.24, 2.45) is 0 Å². The number of halogens is 1. The van der Waals surface area contributed by atoms with Crippen molar-refractivity contribution in [1.82, 2.24) is 4.98 Å². The van der Waals surface area contributed by atoms with E-state index in [4.69, 9.17) is 9.72 Å². The van der Waals surface area contributed by atoms with Crippen molar-refractivity contribution in [3.8, 4) is 11.3 Å². The maximum Gasteiger partial charge on any atom is 0.339 e. The number of rotatable bonds is 6. The summed E-state index contributed by atoms with van der Waals surface area (Å²) in [4.78, 5) is 30.3. The largest absolute Gasteiger partial charge is 0.454 e. The fourth-order valence-electron chi connectivity index (χ4n) is 3.55. The number of carbonyl (C=O) groups is 2. The highest BCUT2D eigenvalue weighted by Crippen LogP contribution is 2.28. The maximum absolute atomic E-state index is 13.0. The molecule has 32 heavy (non-hydrogen) atoms. The molecule has 0 unspecified atom stereocenters. The summed E-state index contributed by atoms with van der Waals surface area (Å²) in [7, 11) is 0. The van der Waals surface area contributed by atoms with Gasteiger partial charge < -0.3 is 4.74 Å². The number of ketones is 1. The molecule has 0 aliphatic rings. The van der Waals surface area contributed by atoms with E-state index in [0.717, 1.165) is 33.1 Å². The predicted molar refractivity (Wildman–Crippen MR) is 130 cm³/mol. The molecule has 3 aromatic carbocycles. The first kappa shape index (κ1) is 21.9. The van der Waals surface area contributed by atoms with Gasteiger partial charge in [0.2, 0.25) is 0 Å². The summed E-state index contributed by atoms with van der Waals surface area (Å²) < 4.78 is 6.40. The van der Waals surface area contributed by atoms with Gasteiger partial charge in [-0.15, -0.1) is 0 Å². The van der Waals surface area contributed by atoms with Gasteiger partial charge in [-0.1, -0.05) is 77.5 Å². The summed E-state index contributed by atoms with van der Waals surface area (Å²) in [5.41, 5.74) is 5.33. The zero-order chi connectivity index (χ0) is 22.7. The second-order valence-electron chi connectivity index (χ2n) is 7.58. The van der Waals surface area contributed by atoms with E-state index in [-0.39, 0.29) is 12.4 Å². The van der Waals surface area contributed by atoms with E-state index in [9.17, 15) is 9.59 Å². The molecule has 1 heterocycles. The Balaban J connectivity index is 1.64. The lowest BCUT2D eigenvalue weighted by atomic mass is 10.0. The zero-order valence-electron chi connectivity index (χ0n) is 17.9. The molecule has 0 aliphatic heterocycles. The molecule has 0 spiro atoms. The van der Waals surface area contributed by atoms with Crippen molar-refractivity contribution >= 4 is 38.6 Å². The smallest absolute Gasteiger partial charge is 0.339 e. The van der Waals surface area contributed by atoms with E-state index < -0.39 is 5.97 Å². The summed E-state index contributed by atoms with van der Waals surface area (Å²) in [6, 6.07) is 22.5. The first-order valence-corrected chi connectivity index (χ1v) is 11.2. The Bertz CT molecular complexity index is 1300. The van der Waals surface area contributed by atoms with Crippen molar-refractivity contribution in [3.63, 3.8) is 0 Å². The van der Waals surface area contributed by atoms with Gasteiger partial charge in [-0.2, -0.15) is 0 Å². The molecule has 4 nitrogen and oxygen atoms in total. The number of esters is 1. The van der Waals surface area contributed by atoms with Gasteiger partial charge in [-0.25, -0.2) is 9.78 Å². The quantitative estimate of drug-likeness (QED) is 0.227. The molecular weight excluding hydrogens is 466 g/mol. The Morgan fingerprint density at radius 3 is 2.38 bits per heavy atom. The molecule has 5 heteroatoms. The number of ether oxygens (including phenoxy) is 1. The maximum atomic E-state index is 13.0. The van der Waals surface area contributed by atoms with Crippen LogP contribution in [0.25, 0.3) is 22.2 Å². The summed E-state index contributed by atoms with van der Waals surface area (Å²) in [6.07, 6.45) is 0.901. The van der Waals surface area contributed by atoms with Gasteiger partial charge in [0.05, 0.1) is 16.8 Å². The first-order chi connectivity index (χ1) is 15.5. The van der Waals surface area contributed by atoms with Crippen LogP contribution in [0.2, 0.25) is 0 Å². The Hall–Kier alpha value is -3.31. The van der Waals surface area contributed by atoms with Crippen LogP contribution in [0.4, 0.5) is 0 Å². The molecule has 0 radical (unpaired) electrons. The fraction of sp³-hybridized carbons (Fsp3) is 0.148. The third kappa shape index (κ3) is 4.63. The van der Waals surface area contributed by atoms with Crippen molar-refractivity contribution in [3.05, 3.63) is 99.5 Å². The Labute approximate surface area is 195 Å². The topological polar surface area (TPSA) is 56.3 Å². The van der Waals surface area contributed by atoms with Crippen molar-refractivity contribution in [2.45, 2.75) is 20.3 Å². The summed E-state index contributed by atoms with van der Waals surface area (Å²) in [6.45, 7) is 3.70. The average molecular weight is 488 g/mol. The molecule has 160 valence electrons. The van der Waals surface area contributed by atoms with Gasteiger partial charge >= 0.3 is 5.97 Å². The summed E-state index contributed by atoms with van der Waals surface area (Å²) >= 11 is 3.44. The highest BCUT2D eigenvalue weighted by atomic mass is 79.9. The number of aryl methyl sites for hydroxylation is 2. The summed E-state index contributed by atoms with van der Waals surface area (Å²) in [5.74, 6) is -0.774. The van der Waals surface area contributed by atoms with Crippen LogP contribution >= 0.6 is 15.9 Å². The van der Waals surface area contributed by atoms with Crippen molar-refractivity contribution in [2.75, 3.05) is 6.61 Å². The minimum absolute atomic E-state index is 0.233. The molecule has 0 N–H and O–H groups in total. The lowest BCUT2D eigenvalue weighted by Crippen LogP contribution is -2.15. The minimum Gasteiger partial charge on any atom is -0.454 e. The van der Waals surface area contributed by atoms with Gasteiger partial charge in [0.15, 0.2) is 12.4 Å². The molecule has 0 saturated heterocycles. The standard InChI is InChI=1S/C27H22BrNO3/c1-3-18-7-9-20(10-8-18)25(30)16-32-27(31)23-15-24(19-11-13-21(28)14-12-19)29-26-17(2)5-4-6-22(23)26/h4-15H,3,16H2,1-2H3. The number of pyridine rings is 1. The van der Waals surface area contributed by atoms with Crippen LogP contribution in [0.1, 0.15) is 38.8 Å². The number of carbonyl (C=O) groups excluding carboxylic acids is 2. The molecule has 0 atom stereocenters. The lowest BCUT2D eigenvalue weighted by Gasteiger charge is -2.11. The number of hydrogen-bond acceptors (Lipinski definition) is 4. The molecule has 0 bridgehead atoms. The number of hydrogen-bond donors (Lipinski definition) is 0. The molecule has 1 aromatic heterocycles. The SMILES string of the molecule is CCc1ccc(C(=O)COC(=O)c2cc(-c3ccc(Br)cc3)nc3c(C)cccc23)cc1. The van der Waals surface area contributed by atoms with E-state index in [1.807, 2.05) is 61.5 Å². The van der Waals surface area contributed by atoms with E-state index in [0.29, 0.717) is 22.2 Å². The van der Waals surface area contributed by atoms with E-state index >= 15 is 0 Å². The Morgan fingerprint density at radius 2 is 1.69 bits per heavy atom. The van der Waals surface area contributed by atoms with Crippen molar-refractivity contribution < 1.29 is 14.3 Å². The van der Waals surface area contributed by atoms with Gasteiger partial charge in [0, 0.05) is 21.0 Å². The molecule has 0 fully saturated rings.